The Kier molecular flexibility index (Phi) is 6.37. The molecular weight excluding hydrogens is 432 g/mol. The Labute approximate surface area is 185 Å². The molecule has 2 aromatic carbocycles. The van der Waals surface area contributed by atoms with Gasteiger partial charge in [0.15, 0.2) is 0 Å². The molecule has 0 bridgehead atoms. The van der Waals surface area contributed by atoms with Crippen LogP contribution in [0.25, 0.3) is 16.6 Å². The molecule has 4 rings (SSSR count). The van der Waals surface area contributed by atoms with Gasteiger partial charge in [0.2, 0.25) is 0 Å². The first kappa shape index (κ1) is 23.0. The Morgan fingerprint density at radius 3 is 2.22 bits per heavy atom. The van der Waals surface area contributed by atoms with E-state index in [0.29, 0.717) is 0 Å². The van der Waals surface area contributed by atoms with Crippen molar-refractivity contribution in [1.29, 1.82) is 0 Å². The summed E-state index contributed by atoms with van der Waals surface area (Å²) in [4.78, 5) is 17.8. The molecule has 0 atom stereocenters. The van der Waals surface area contributed by atoms with Crippen molar-refractivity contribution in [3.05, 3.63) is 76.8 Å². The van der Waals surface area contributed by atoms with Gasteiger partial charge in [-0.15, -0.1) is 0 Å². The summed E-state index contributed by atoms with van der Waals surface area (Å²) in [6.07, 6.45) is 1.43. The first-order valence-corrected chi connectivity index (χ1v) is 11.0. The van der Waals surface area contributed by atoms with Gasteiger partial charge in [-0.2, -0.15) is 8.42 Å². The van der Waals surface area contributed by atoms with Crippen LogP contribution in [0.3, 0.4) is 0 Å². The summed E-state index contributed by atoms with van der Waals surface area (Å²) in [6, 6.07) is 15.0. The minimum atomic E-state index is -4.30. The fourth-order valence-corrected chi connectivity index (χ4v) is 4.11. The van der Waals surface area contributed by atoms with E-state index < -0.39 is 10.1 Å². The first-order chi connectivity index (χ1) is 15.0. The fraction of sp³-hybridized carbons (Fsp3) is 0.182. The van der Waals surface area contributed by atoms with E-state index in [4.69, 9.17) is 4.55 Å². The van der Waals surface area contributed by atoms with E-state index in [0.717, 1.165) is 23.1 Å². The second-order valence-corrected chi connectivity index (χ2v) is 8.65. The molecular formula is C22H24N4O5S. The van der Waals surface area contributed by atoms with E-state index in [1.165, 1.54) is 24.4 Å². The van der Waals surface area contributed by atoms with Crippen LogP contribution in [0, 0.1) is 6.92 Å². The molecule has 0 aliphatic rings. The number of anilines is 1. The molecule has 0 spiro atoms. The fourth-order valence-electron chi connectivity index (χ4n) is 3.43. The minimum absolute atomic E-state index is 0.0150. The SMILES string of the molecule is Cc1c(N(C)C)c(=O)n(-c2ccccc2)n1C.O=S(=O)(O)c1ccc(O)c2ncccc12. The van der Waals surface area contributed by atoms with Gasteiger partial charge in [0, 0.05) is 32.7 Å². The van der Waals surface area contributed by atoms with Crippen LogP contribution in [-0.2, 0) is 17.2 Å². The quantitative estimate of drug-likeness (QED) is 0.455. The number of rotatable bonds is 3. The van der Waals surface area contributed by atoms with Crippen molar-refractivity contribution < 1.29 is 18.1 Å². The number of pyridine rings is 1. The van der Waals surface area contributed by atoms with Gasteiger partial charge in [0.1, 0.15) is 21.8 Å². The predicted molar refractivity (Wildman–Crippen MR) is 123 cm³/mol. The molecule has 0 aliphatic carbocycles. The molecule has 4 aromatic rings. The van der Waals surface area contributed by atoms with Gasteiger partial charge in [0.25, 0.3) is 15.7 Å². The molecule has 2 heterocycles. The summed E-state index contributed by atoms with van der Waals surface area (Å²) in [5.41, 5.74) is 2.74. The zero-order valence-electron chi connectivity index (χ0n) is 18.1. The van der Waals surface area contributed by atoms with Gasteiger partial charge in [-0.3, -0.25) is 19.0 Å². The number of aromatic nitrogens is 3. The molecule has 0 saturated carbocycles. The van der Waals surface area contributed by atoms with E-state index in [9.17, 15) is 18.3 Å². The molecule has 0 radical (unpaired) electrons. The maximum absolute atomic E-state index is 12.4. The van der Waals surface area contributed by atoms with E-state index >= 15 is 0 Å². The highest BCUT2D eigenvalue weighted by Gasteiger charge is 2.17. The summed E-state index contributed by atoms with van der Waals surface area (Å²) >= 11 is 0. The second-order valence-electron chi connectivity index (χ2n) is 7.26. The van der Waals surface area contributed by atoms with Crippen LogP contribution in [-0.4, -0.2) is 46.5 Å². The number of phenolic OH excluding ortho intramolecular Hbond substituents is 1. The Balaban J connectivity index is 0.000000182. The molecule has 2 N–H and O–H groups in total. The lowest BCUT2D eigenvalue weighted by molar-refractivity contribution is 0.478. The van der Waals surface area contributed by atoms with Gasteiger partial charge >= 0.3 is 0 Å². The van der Waals surface area contributed by atoms with Crippen molar-refractivity contribution in [3.8, 4) is 11.4 Å². The Bertz CT molecular complexity index is 1420. The van der Waals surface area contributed by atoms with Crippen LogP contribution in [0.5, 0.6) is 5.75 Å². The van der Waals surface area contributed by atoms with Gasteiger partial charge in [-0.25, -0.2) is 4.68 Å². The molecule has 0 saturated heterocycles. The Morgan fingerprint density at radius 2 is 1.66 bits per heavy atom. The number of fused-ring (bicyclic) bond motifs is 1. The smallest absolute Gasteiger partial charge is 0.295 e. The van der Waals surface area contributed by atoms with Crippen LogP contribution in [0.4, 0.5) is 5.69 Å². The van der Waals surface area contributed by atoms with Crippen molar-refractivity contribution in [1.82, 2.24) is 14.3 Å². The molecule has 9 nitrogen and oxygen atoms in total. The second kappa shape index (κ2) is 8.85. The molecule has 0 unspecified atom stereocenters. The van der Waals surface area contributed by atoms with Crippen LogP contribution in [0.1, 0.15) is 5.69 Å². The van der Waals surface area contributed by atoms with Crippen molar-refractivity contribution >= 4 is 26.7 Å². The average Bonchev–Trinajstić information content (AvgIpc) is 2.97. The highest BCUT2D eigenvalue weighted by atomic mass is 32.2. The molecule has 0 fully saturated rings. The standard InChI is InChI=1S/C13H17N3O.C9H7NO4S/c1-10-12(14(2)3)13(17)16(15(10)4)11-8-6-5-7-9-11;11-7-3-4-8(15(12,13)14)6-2-1-5-10-9(6)7/h5-9H,1-4H3;1-5,11H,(H,12,13,14). The van der Waals surface area contributed by atoms with Crippen molar-refractivity contribution in [3.63, 3.8) is 0 Å². The molecule has 32 heavy (non-hydrogen) atoms. The lowest BCUT2D eigenvalue weighted by Gasteiger charge is -2.09. The van der Waals surface area contributed by atoms with E-state index in [-0.39, 0.29) is 27.1 Å². The van der Waals surface area contributed by atoms with Gasteiger partial charge in [-0.1, -0.05) is 18.2 Å². The van der Waals surface area contributed by atoms with Gasteiger partial charge in [-0.05, 0) is 43.3 Å². The summed E-state index contributed by atoms with van der Waals surface area (Å²) in [6.45, 7) is 1.95. The molecule has 168 valence electrons. The molecule has 0 amide bonds. The van der Waals surface area contributed by atoms with Crippen LogP contribution in [0.2, 0.25) is 0 Å². The number of phenols is 1. The van der Waals surface area contributed by atoms with Gasteiger partial charge < -0.3 is 10.0 Å². The summed E-state index contributed by atoms with van der Waals surface area (Å²) in [5, 5.41) is 9.62. The lowest BCUT2D eigenvalue weighted by Crippen LogP contribution is -2.23. The van der Waals surface area contributed by atoms with Crippen LogP contribution < -0.4 is 10.5 Å². The molecule has 2 aromatic heterocycles. The van der Waals surface area contributed by atoms with Crippen LogP contribution in [0.15, 0.2) is 70.5 Å². The maximum Gasteiger partial charge on any atom is 0.295 e. The normalized spacial score (nSPS) is 11.2. The van der Waals surface area contributed by atoms with E-state index in [1.807, 2.05) is 68.0 Å². The molecule has 0 aliphatic heterocycles. The number of para-hydroxylation sites is 1. The minimum Gasteiger partial charge on any atom is -0.506 e. The zero-order valence-corrected chi connectivity index (χ0v) is 18.9. The third kappa shape index (κ3) is 4.36. The lowest BCUT2D eigenvalue weighted by atomic mass is 10.2. The van der Waals surface area contributed by atoms with Gasteiger partial charge in [0.05, 0.1) is 11.4 Å². The zero-order chi connectivity index (χ0) is 23.6. The summed E-state index contributed by atoms with van der Waals surface area (Å²) in [7, 11) is 1.38. The Morgan fingerprint density at radius 1 is 1.00 bits per heavy atom. The molecule has 10 heteroatoms. The first-order valence-electron chi connectivity index (χ1n) is 9.59. The predicted octanol–water partition coefficient (Wildman–Crippen LogP) is 2.74. The van der Waals surface area contributed by atoms with E-state index in [2.05, 4.69) is 4.98 Å². The largest absolute Gasteiger partial charge is 0.506 e. The van der Waals surface area contributed by atoms with E-state index in [1.54, 1.807) is 4.68 Å². The van der Waals surface area contributed by atoms with Crippen LogP contribution >= 0.6 is 0 Å². The Hall–Kier alpha value is -3.63. The highest BCUT2D eigenvalue weighted by Crippen LogP contribution is 2.27. The third-order valence-electron chi connectivity index (χ3n) is 4.96. The highest BCUT2D eigenvalue weighted by molar-refractivity contribution is 7.86. The maximum atomic E-state index is 12.4. The topological polar surface area (TPSA) is 118 Å². The number of hydrogen-bond donors (Lipinski definition) is 2. The summed E-state index contributed by atoms with van der Waals surface area (Å²) in [5.74, 6) is -0.127. The summed E-state index contributed by atoms with van der Waals surface area (Å²) < 4.78 is 34.5. The monoisotopic (exact) mass is 456 g/mol. The average molecular weight is 457 g/mol. The number of nitrogens with zero attached hydrogens (tertiary/aromatic N) is 4. The number of aromatic hydroxyl groups is 1. The van der Waals surface area contributed by atoms with Crippen molar-refractivity contribution in [2.45, 2.75) is 11.8 Å². The number of hydrogen-bond acceptors (Lipinski definition) is 6. The third-order valence-corrected chi connectivity index (χ3v) is 5.87. The van der Waals surface area contributed by atoms with Crippen molar-refractivity contribution in [2.24, 2.45) is 7.05 Å². The van der Waals surface area contributed by atoms with Crippen molar-refractivity contribution in [2.75, 3.05) is 19.0 Å². The number of benzene rings is 2.